The molecule has 4 nitrogen and oxygen atoms in total. The molecule has 1 heterocycles. The van der Waals surface area contributed by atoms with Crippen LogP contribution < -0.4 is 5.56 Å². The lowest BCUT2D eigenvalue weighted by Gasteiger charge is -2.02. The van der Waals surface area contributed by atoms with Crippen LogP contribution in [0.5, 0.6) is 0 Å². The maximum Gasteiger partial charge on any atom is 0.341 e. The van der Waals surface area contributed by atoms with Crippen LogP contribution in [0, 0.1) is 6.92 Å². The van der Waals surface area contributed by atoms with Gasteiger partial charge >= 0.3 is 5.97 Å². The van der Waals surface area contributed by atoms with Crippen molar-refractivity contribution in [3.05, 3.63) is 45.7 Å². The molecule has 2 N–H and O–H groups in total. The zero-order valence-electron chi connectivity index (χ0n) is 8.07. The van der Waals surface area contributed by atoms with Crippen LogP contribution in [0.4, 0.5) is 0 Å². The molecule has 2 rings (SSSR count). The Morgan fingerprint density at radius 2 is 2.13 bits per heavy atom. The second-order valence-electron chi connectivity index (χ2n) is 3.36. The first-order valence-electron chi connectivity index (χ1n) is 4.45. The number of para-hydroxylation sites is 1. The molecule has 0 saturated heterocycles. The Hall–Kier alpha value is -2.10. The van der Waals surface area contributed by atoms with Crippen LogP contribution in [-0.4, -0.2) is 16.1 Å². The van der Waals surface area contributed by atoms with Gasteiger partial charge in [-0.15, -0.1) is 0 Å². The third-order valence-electron chi connectivity index (χ3n) is 2.32. The second kappa shape index (κ2) is 3.24. The van der Waals surface area contributed by atoms with Gasteiger partial charge in [-0.2, -0.15) is 0 Å². The fourth-order valence-corrected chi connectivity index (χ4v) is 1.54. The molecule has 2 aromatic rings. The molecule has 4 heteroatoms. The predicted molar refractivity (Wildman–Crippen MR) is 56.3 cm³/mol. The Kier molecular flexibility index (Phi) is 2.04. The lowest BCUT2D eigenvalue weighted by atomic mass is 10.1. The summed E-state index contributed by atoms with van der Waals surface area (Å²) in [4.78, 5) is 24.7. The largest absolute Gasteiger partial charge is 0.477 e. The van der Waals surface area contributed by atoms with Crippen LogP contribution in [0.1, 0.15) is 15.9 Å². The van der Waals surface area contributed by atoms with Gasteiger partial charge in [0.15, 0.2) is 0 Å². The van der Waals surface area contributed by atoms with Crippen molar-refractivity contribution in [3.8, 4) is 0 Å². The number of aromatic amines is 1. The highest BCUT2D eigenvalue weighted by Gasteiger charge is 2.10. The number of nitrogens with one attached hydrogen (secondary N) is 1. The smallest absolute Gasteiger partial charge is 0.341 e. The van der Waals surface area contributed by atoms with E-state index in [-0.39, 0.29) is 5.56 Å². The summed E-state index contributed by atoms with van der Waals surface area (Å²) in [7, 11) is 0. The van der Waals surface area contributed by atoms with Crippen LogP contribution >= 0.6 is 0 Å². The summed E-state index contributed by atoms with van der Waals surface area (Å²) in [6.07, 6.45) is 0. The predicted octanol–water partition coefficient (Wildman–Crippen LogP) is 1.53. The van der Waals surface area contributed by atoms with Gasteiger partial charge in [-0.05, 0) is 23.9 Å². The number of pyridine rings is 1. The maximum atomic E-state index is 11.4. The third kappa shape index (κ3) is 1.50. The zero-order chi connectivity index (χ0) is 11.0. The van der Waals surface area contributed by atoms with Crippen LogP contribution in [0.3, 0.4) is 0 Å². The Morgan fingerprint density at radius 3 is 2.80 bits per heavy atom. The molecule has 0 aliphatic heterocycles. The first-order valence-corrected chi connectivity index (χ1v) is 4.45. The molecule has 0 amide bonds. The lowest BCUT2D eigenvalue weighted by Crippen LogP contribution is -2.17. The number of carbonyl (C=O) groups is 1. The molecule has 76 valence electrons. The van der Waals surface area contributed by atoms with Gasteiger partial charge in [-0.1, -0.05) is 18.2 Å². The van der Waals surface area contributed by atoms with Gasteiger partial charge < -0.3 is 10.1 Å². The quantitative estimate of drug-likeness (QED) is 0.738. The zero-order valence-corrected chi connectivity index (χ0v) is 8.07. The monoisotopic (exact) mass is 203 g/mol. The van der Waals surface area contributed by atoms with E-state index in [1.807, 2.05) is 19.1 Å². The molecule has 0 spiro atoms. The Labute approximate surface area is 85.2 Å². The summed E-state index contributed by atoms with van der Waals surface area (Å²) in [5.74, 6) is -1.21. The topological polar surface area (TPSA) is 70.2 Å². The molecule has 1 aromatic carbocycles. The first-order chi connectivity index (χ1) is 7.09. The SMILES string of the molecule is Cc1cccc2cc(C(=O)O)c(=O)[nH]c12. The Balaban J connectivity index is 2.88. The summed E-state index contributed by atoms with van der Waals surface area (Å²) in [6, 6.07) is 6.84. The molecule has 0 aliphatic carbocycles. The lowest BCUT2D eigenvalue weighted by molar-refractivity contribution is 0.0695. The number of aromatic carboxylic acids is 1. The molecule has 1 aromatic heterocycles. The second-order valence-corrected chi connectivity index (χ2v) is 3.36. The van der Waals surface area contributed by atoms with E-state index in [0.717, 1.165) is 10.9 Å². The maximum absolute atomic E-state index is 11.4. The van der Waals surface area contributed by atoms with Gasteiger partial charge in [0.2, 0.25) is 0 Å². The Bertz CT molecular complexity index is 598. The van der Waals surface area contributed by atoms with Crippen LogP contribution in [0.25, 0.3) is 10.9 Å². The Morgan fingerprint density at radius 1 is 1.40 bits per heavy atom. The number of benzene rings is 1. The van der Waals surface area contributed by atoms with E-state index in [4.69, 9.17) is 5.11 Å². The number of hydrogen-bond donors (Lipinski definition) is 2. The first kappa shape index (κ1) is 9.45. The van der Waals surface area contributed by atoms with Crippen molar-refractivity contribution in [2.24, 2.45) is 0 Å². The van der Waals surface area contributed by atoms with E-state index in [1.54, 1.807) is 6.07 Å². The van der Waals surface area contributed by atoms with Crippen molar-refractivity contribution in [1.82, 2.24) is 4.98 Å². The van der Waals surface area contributed by atoms with Crippen molar-refractivity contribution in [1.29, 1.82) is 0 Å². The highest BCUT2D eigenvalue weighted by molar-refractivity contribution is 5.93. The highest BCUT2D eigenvalue weighted by atomic mass is 16.4. The van der Waals surface area contributed by atoms with Crippen LogP contribution in [0.2, 0.25) is 0 Å². The van der Waals surface area contributed by atoms with Gasteiger partial charge in [-0.25, -0.2) is 4.79 Å². The fourth-order valence-electron chi connectivity index (χ4n) is 1.54. The van der Waals surface area contributed by atoms with E-state index in [9.17, 15) is 9.59 Å². The third-order valence-corrected chi connectivity index (χ3v) is 2.32. The highest BCUT2D eigenvalue weighted by Crippen LogP contribution is 2.14. The number of hydrogen-bond acceptors (Lipinski definition) is 2. The molecule has 0 aliphatic rings. The van der Waals surface area contributed by atoms with Crippen molar-refractivity contribution in [2.45, 2.75) is 6.92 Å². The summed E-state index contributed by atoms with van der Waals surface area (Å²) in [6.45, 7) is 1.86. The minimum absolute atomic E-state index is 0.229. The van der Waals surface area contributed by atoms with Crippen molar-refractivity contribution < 1.29 is 9.90 Å². The summed E-state index contributed by atoms with van der Waals surface area (Å²) >= 11 is 0. The van der Waals surface area contributed by atoms with Gasteiger partial charge in [0, 0.05) is 0 Å². The summed E-state index contributed by atoms with van der Waals surface area (Å²) in [5, 5.41) is 9.50. The van der Waals surface area contributed by atoms with Crippen LogP contribution in [-0.2, 0) is 0 Å². The molecular weight excluding hydrogens is 194 g/mol. The van der Waals surface area contributed by atoms with Gasteiger partial charge in [-0.3, -0.25) is 4.79 Å². The normalized spacial score (nSPS) is 10.5. The van der Waals surface area contributed by atoms with E-state index in [2.05, 4.69) is 4.98 Å². The van der Waals surface area contributed by atoms with Crippen molar-refractivity contribution >= 4 is 16.9 Å². The van der Waals surface area contributed by atoms with Crippen molar-refractivity contribution in [2.75, 3.05) is 0 Å². The van der Waals surface area contributed by atoms with E-state index < -0.39 is 11.5 Å². The van der Waals surface area contributed by atoms with E-state index in [0.29, 0.717) is 5.52 Å². The number of carboxylic acid groups (broad SMARTS) is 1. The van der Waals surface area contributed by atoms with Crippen molar-refractivity contribution in [3.63, 3.8) is 0 Å². The molecule has 0 saturated carbocycles. The summed E-state index contributed by atoms with van der Waals surface area (Å²) < 4.78 is 0. The average molecular weight is 203 g/mol. The number of H-pyrrole nitrogens is 1. The minimum Gasteiger partial charge on any atom is -0.477 e. The minimum atomic E-state index is -1.21. The molecule has 0 atom stereocenters. The molecule has 0 fully saturated rings. The van der Waals surface area contributed by atoms with Crippen LogP contribution in [0.15, 0.2) is 29.1 Å². The van der Waals surface area contributed by atoms with Gasteiger partial charge in [0.25, 0.3) is 5.56 Å². The number of fused-ring (bicyclic) bond motifs is 1. The van der Waals surface area contributed by atoms with Gasteiger partial charge in [0.1, 0.15) is 5.56 Å². The molecule has 0 radical (unpaired) electrons. The molecule has 0 bridgehead atoms. The van der Waals surface area contributed by atoms with Gasteiger partial charge in [0.05, 0.1) is 5.52 Å². The number of carboxylic acids is 1. The molecular formula is C11H9NO3. The number of aromatic nitrogens is 1. The summed E-state index contributed by atoms with van der Waals surface area (Å²) in [5.41, 5.74) is 0.812. The van der Waals surface area contributed by atoms with E-state index >= 15 is 0 Å². The molecule has 0 unspecified atom stereocenters. The fraction of sp³-hybridized carbons (Fsp3) is 0.0909. The van der Waals surface area contributed by atoms with E-state index in [1.165, 1.54) is 6.07 Å². The number of aryl methyl sites for hydroxylation is 1. The number of rotatable bonds is 1. The standard InChI is InChI=1S/C11H9NO3/c1-6-3-2-4-7-5-8(11(14)15)10(13)12-9(6)7/h2-5H,1H3,(H,12,13)(H,14,15). The molecule has 15 heavy (non-hydrogen) atoms. The average Bonchev–Trinajstić information content (AvgIpc) is 2.18.